The van der Waals surface area contributed by atoms with Crippen LogP contribution in [-0.2, 0) is 13.1 Å². The van der Waals surface area contributed by atoms with Gasteiger partial charge >= 0.3 is 0 Å². The Morgan fingerprint density at radius 3 is 2.87 bits per heavy atom. The topological polar surface area (TPSA) is 61.4 Å². The summed E-state index contributed by atoms with van der Waals surface area (Å²) in [4.78, 5) is 18.0. The van der Waals surface area contributed by atoms with Gasteiger partial charge in [-0.15, -0.1) is 11.3 Å². The van der Waals surface area contributed by atoms with E-state index in [9.17, 15) is 0 Å². The molecule has 7 heteroatoms. The van der Waals surface area contributed by atoms with Crippen molar-refractivity contribution < 1.29 is 0 Å². The van der Waals surface area contributed by atoms with E-state index in [1.165, 1.54) is 0 Å². The van der Waals surface area contributed by atoms with E-state index in [4.69, 9.17) is 4.98 Å². The summed E-state index contributed by atoms with van der Waals surface area (Å²) in [6.45, 7) is 5.63. The highest BCUT2D eigenvalue weighted by Gasteiger charge is 2.14. The van der Waals surface area contributed by atoms with Crippen molar-refractivity contribution in [2.75, 3.05) is 0 Å². The van der Waals surface area contributed by atoms with Crippen LogP contribution in [0.15, 0.2) is 36.2 Å². The SMILES string of the molecule is CCn1c(Cn2ccnc2-c2nccs2)nc2cc(C)ncc21. The number of aryl methyl sites for hydroxylation is 2. The van der Waals surface area contributed by atoms with Crippen LogP contribution in [0.1, 0.15) is 18.4 Å². The molecule has 4 heterocycles. The number of fused-ring (bicyclic) bond motifs is 1. The lowest BCUT2D eigenvalue weighted by Gasteiger charge is -2.08. The van der Waals surface area contributed by atoms with E-state index in [1.54, 1.807) is 23.7 Å². The summed E-state index contributed by atoms with van der Waals surface area (Å²) in [5.41, 5.74) is 3.05. The largest absolute Gasteiger partial charge is 0.325 e. The van der Waals surface area contributed by atoms with Crippen molar-refractivity contribution >= 4 is 22.4 Å². The number of imidazole rings is 2. The molecule has 0 unspecified atom stereocenters. The molecule has 0 saturated heterocycles. The number of thiazole rings is 1. The quantitative estimate of drug-likeness (QED) is 0.578. The first-order valence-corrected chi connectivity index (χ1v) is 8.37. The molecule has 6 nitrogen and oxygen atoms in total. The van der Waals surface area contributed by atoms with E-state index in [0.29, 0.717) is 6.54 Å². The van der Waals surface area contributed by atoms with E-state index >= 15 is 0 Å². The molecule has 4 aromatic rings. The molecule has 0 aliphatic carbocycles. The van der Waals surface area contributed by atoms with Gasteiger partial charge in [-0.25, -0.2) is 15.0 Å². The average Bonchev–Trinajstić information content (AvgIpc) is 3.25. The van der Waals surface area contributed by atoms with Crippen LogP contribution in [0.5, 0.6) is 0 Å². The van der Waals surface area contributed by atoms with Crippen LogP contribution in [0.3, 0.4) is 0 Å². The Balaban J connectivity index is 1.78. The van der Waals surface area contributed by atoms with Crippen molar-refractivity contribution in [3.63, 3.8) is 0 Å². The minimum absolute atomic E-state index is 0.663. The molecule has 23 heavy (non-hydrogen) atoms. The Labute approximate surface area is 137 Å². The van der Waals surface area contributed by atoms with Gasteiger partial charge in [0.25, 0.3) is 0 Å². The van der Waals surface area contributed by atoms with Gasteiger partial charge in [0.2, 0.25) is 0 Å². The molecule has 0 bridgehead atoms. The summed E-state index contributed by atoms with van der Waals surface area (Å²) in [6.07, 6.45) is 7.48. The average molecular weight is 324 g/mol. The van der Waals surface area contributed by atoms with Gasteiger partial charge in [0.15, 0.2) is 10.8 Å². The molecule has 0 fully saturated rings. The predicted octanol–water partition coefficient (Wildman–Crippen LogP) is 3.13. The molecular weight excluding hydrogens is 308 g/mol. The van der Waals surface area contributed by atoms with E-state index in [-0.39, 0.29) is 0 Å². The summed E-state index contributed by atoms with van der Waals surface area (Å²) in [5.74, 6) is 1.88. The molecule has 0 aromatic carbocycles. The van der Waals surface area contributed by atoms with Crippen molar-refractivity contribution in [1.29, 1.82) is 0 Å². The van der Waals surface area contributed by atoms with Crippen LogP contribution in [-0.4, -0.2) is 29.1 Å². The number of hydrogen-bond acceptors (Lipinski definition) is 5. The molecule has 4 aromatic heterocycles. The molecule has 0 spiro atoms. The third kappa shape index (κ3) is 2.43. The van der Waals surface area contributed by atoms with Crippen molar-refractivity contribution in [1.82, 2.24) is 29.1 Å². The van der Waals surface area contributed by atoms with E-state index in [0.717, 1.165) is 39.9 Å². The van der Waals surface area contributed by atoms with Crippen molar-refractivity contribution in [2.45, 2.75) is 26.9 Å². The molecule has 0 saturated carbocycles. The highest BCUT2D eigenvalue weighted by atomic mass is 32.1. The van der Waals surface area contributed by atoms with Gasteiger partial charge in [-0.1, -0.05) is 0 Å². The Morgan fingerprint density at radius 1 is 1.17 bits per heavy atom. The zero-order valence-corrected chi connectivity index (χ0v) is 13.8. The summed E-state index contributed by atoms with van der Waals surface area (Å²) < 4.78 is 4.29. The van der Waals surface area contributed by atoms with E-state index in [1.807, 2.05) is 30.8 Å². The van der Waals surface area contributed by atoms with Crippen LogP contribution in [0.25, 0.3) is 21.9 Å². The maximum Gasteiger partial charge on any atom is 0.169 e. The van der Waals surface area contributed by atoms with Crippen LogP contribution in [0.2, 0.25) is 0 Å². The van der Waals surface area contributed by atoms with E-state index < -0.39 is 0 Å². The van der Waals surface area contributed by atoms with Gasteiger partial charge in [0.1, 0.15) is 5.82 Å². The lowest BCUT2D eigenvalue weighted by Crippen LogP contribution is -2.08. The fraction of sp³-hybridized carbons (Fsp3) is 0.250. The Hall–Kier alpha value is -2.54. The monoisotopic (exact) mass is 324 g/mol. The molecule has 0 aliphatic heterocycles. The molecule has 0 aliphatic rings. The third-order valence-corrected chi connectivity index (χ3v) is 4.59. The zero-order valence-electron chi connectivity index (χ0n) is 13.0. The molecule has 116 valence electrons. The molecular formula is C16H16N6S. The van der Waals surface area contributed by atoms with Crippen LogP contribution in [0, 0.1) is 6.92 Å². The molecule has 0 amide bonds. The van der Waals surface area contributed by atoms with Crippen LogP contribution >= 0.6 is 11.3 Å². The molecule has 0 N–H and O–H groups in total. The molecule has 0 radical (unpaired) electrons. The summed E-state index contributed by atoms with van der Waals surface area (Å²) in [7, 11) is 0. The van der Waals surface area contributed by atoms with Gasteiger partial charge in [-0.3, -0.25) is 4.98 Å². The van der Waals surface area contributed by atoms with Crippen LogP contribution < -0.4 is 0 Å². The van der Waals surface area contributed by atoms with Gasteiger partial charge in [0, 0.05) is 36.2 Å². The van der Waals surface area contributed by atoms with Gasteiger partial charge in [-0.05, 0) is 19.9 Å². The normalized spacial score (nSPS) is 11.4. The second-order valence-corrected chi connectivity index (χ2v) is 6.20. The Kier molecular flexibility index (Phi) is 3.42. The van der Waals surface area contributed by atoms with Gasteiger partial charge in [0.05, 0.1) is 23.8 Å². The smallest absolute Gasteiger partial charge is 0.169 e. The first-order valence-electron chi connectivity index (χ1n) is 7.49. The predicted molar refractivity (Wildman–Crippen MR) is 90.4 cm³/mol. The zero-order chi connectivity index (χ0) is 15.8. The lowest BCUT2D eigenvalue weighted by molar-refractivity contribution is 0.667. The number of rotatable bonds is 4. The molecule has 4 rings (SSSR count). The maximum atomic E-state index is 4.80. The van der Waals surface area contributed by atoms with Crippen LogP contribution in [0.4, 0.5) is 0 Å². The summed E-state index contributed by atoms with van der Waals surface area (Å²) in [6, 6.07) is 2.03. The molecule has 0 atom stereocenters. The van der Waals surface area contributed by atoms with Gasteiger partial charge in [-0.2, -0.15) is 0 Å². The van der Waals surface area contributed by atoms with E-state index in [2.05, 4.69) is 31.0 Å². The highest BCUT2D eigenvalue weighted by molar-refractivity contribution is 7.13. The number of pyridine rings is 1. The highest BCUT2D eigenvalue weighted by Crippen LogP contribution is 2.22. The third-order valence-electron chi connectivity index (χ3n) is 3.82. The number of aromatic nitrogens is 6. The standard InChI is InChI=1S/C16H16N6S/c1-3-22-13-9-19-11(2)8-12(13)20-14(22)10-21-6-4-17-15(21)16-18-5-7-23-16/h4-9H,3,10H2,1-2H3. The minimum Gasteiger partial charge on any atom is -0.325 e. The number of nitrogens with zero attached hydrogens (tertiary/aromatic N) is 6. The van der Waals surface area contributed by atoms with Crippen molar-refractivity contribution in [3.8, 4) is 10.8 Å². The van der Waals surface area contributed by atoms with Crippen molar-refractivity contribution in [2.24, 2.45) is 0 Å². The summed E-state index contributed by atoms with van der Waals surface area (Å²) in [5, 5.41) is 2.89. The number of hydrogen-bond donors (Lipinski definition) is 0. The van der Waals surface area contributed by atoms with Crippen molar-refractivity contribution in [3.05, 3.63) is 47.8 Å². The summed E-state index contributed by atoms with van der Waals surface area (Å²) >= 11 is 1.59. The lowest BCUT2D eigenvalue weighted by atomic mass is 10.3. The second-order valence-electron chi connectivity index (χ2n) is 5.30. The Morgan fingerprint density at radius 2 is 2.09 bits per heavy atom. The maximum absolute atomic E-state index is 4.80. The fourth-order valence-electron chi connectivity index (χ4n) is 2.77. The minimum atomic E-state index is 0.663. The second kappa shape index (κ2) is 5.58. The Bertz CT molecular complexity index is 950. The first kappa shape index (κ1) is 14.1. The fourth-order valence-corrected chi connectivity index (χ4v) is 3.42. The first-order chi connectivity index (χ1) is 11.3. The van der Waals surface area contributed by atoms with Gasteiger partial charge < -0.3 is 9.13 Å².